The molecule has 0 unspecified atom stereocenters. The number of nitrogen functional groups attached to an aromatic ring is 1. The number of nitrogens with one attached hydrogen (secondary N) is 1. The number of carbonyl (C=O) groups is 3. The number of benzene rings is 1. The quantitative estimate of drug-likeness (QED) is 0.0459. The predicted molar refractivity (Wildman–Crippen MR) is 156 cm³/mol. The number of aliphatic imine (C=N–C) groups is 1. The molecule has 2 aromatic rings. The fourth-order valence-electron chi connectivity index (χ4n) is 3.65. The molecule has 0 saturated carbocycles. The lowest BCUT2D eigenvalue weighted by Crippen LogP contribution is -2.71. The Morgan fingerprint density at radius 2 is 2.00 bits per heavy atom. The monoisotopic (exact) mass is 638 g/mol. The van der Waals surface area contributed by atoms with Crippen molar-refractivity contribution in [2.45, 2.75) is 31.5 Å². The first-order valence-corrected chi connectivity index (χ1v) is 14.8. The molecular weight excluding hydrogens is 608 g/mol. The van der Waals surface area contributed by atoms with Crippen LogP contribution in [-0.2, 0) is 29.5 Å². The number of carboxylic acid groups (broad SMARTS) is 1. The van der Waals surface area contributed by atoms with E-state index < -0.39 is 58.6 Å². The van der Waals surface area contributed by atoms with Crippen LogP contribution in [0.3, 0.4) is 0 Å². The predicted octanol–water partition coefficient (Wildman–Crippen LogP) is -0.784. The summed E-state index contributed by atoms with van der Waals surface area (Å²) in [7, 11) is -4.82. The average Bonchev–Trinajstić information content (AvgIpc) is 3.38. The van der Waals surface area contributed by atoms with E-state index in [-0.39, 0.29) is 15.1 Å². The van der Waals surface area contributed by atoms with Gasteiger partial charge in [-0.3, -0.25) is 19.1 Å². The lowest BCUT2D eigenvalue weighted by atomic mass is 10.0. The van der Waals surface area contributed by atoms with Gasteiger partial charge in [-0.15, -0.1) is 11.3 Å². The van der Waals surface area contributed by atoms with Crippen LogP contribution in [0.15, 0.2) is 46.0 Å². The summed E-state index contributed by atoms with van der Waals surface area (Å²) in [6.45, 7) is 1.83. The number of aromatic nitrogens is 1. The zero-order valence-electron chi connectivity index (χ0n) is 22.7. The molecule has 1 fully saturated rings. The molecule has 3 atom stereocenters. The molecule has 43 heavy (non-hydrogen) atoms. The summed E-state index contributed by atoms with van der Waals surface area (Å²) in [5.41, 5.74) is 17.5. The Kier molecular flexibility index (Phi) is 11.1. The van der Waals surface area contributed by atoms with Crippen LogP contribution in [0.25, 0.3) is 5.57 Å². The number of carboxylic acids is 1. The summed E-state index contributed by atoms with van der Waals surface area (Å²) >= 11 is 0.949. The number of nitrogens with two attached hydrogens (primary N) is 3. The summed E-state index contributed by atoms with van der Waals surface area (Å²) in [6, 6.07) is 4.11. The summed E-state index contributed by atoms with van der Waals surface area (Å²) in [5.74, 6) is -3.30. The second kappa shape index (κ2) is 14.5. The molecule has 3 rings (SSSR count). The Labute approximate surface area is 249 Å². The van der Waals surface area contributed by atoms with Crippen LogP contribution in [0.2, 0.25) is 0 Å². The number of hydrogen-bond donors (Lipinski definition) is 6. The first-order chi connectivity index (χ1) is 20.4. The van der Waals surface area contributed by atoms with Gasteiger partial charge in [0.05, 0.1) is 6.04 Å². The number of β-lactam (4-membered cyclic amide) rings is 1. The van der Waals surface area contributed by atoms with Crippen LogP contribution in [0, 0.1) is 0 Å². The number of amides is 2. The lowest BCUT2D eigenvalue weighted by molar-refractivity contribution is -0.152. The molecule has 2 amide bonds. The van der Waals surface area contributed by atoms with E-state index in [2.05, 4.69) is 20.4 Å². The largest absolute Gasteiger partial charge is 0.489 e. The number of carbonyl (C=O) groups excluding carboxylic acids is 2. The number of anilines is 1. The van der Waals surface area contributed by atoms with E-state index in [1.54, 1.807) is 30.5 Å². The molecule has 1 aliphatic rings. The Morgan fingerprint density at radius 1 is 1.30 bits per heavy atom. The third kappa shape index (κ3) is 8.47. The van der Waals surface area contributed by atoms with Crippen molar-refractivity contribution in [1.82, 2.24) is 14.6 Å². The van der Waals surface area contributed by atoms with Crippen molar-refractivity contribution < 1.29 is 42.0 Å². The highest BCUT2D eigenvalue weighted by Gasteiger charge is 2.51. The number of ether oxygens (including phenoxy) is 1. The van der Waals surface area contributed by atoms with Crippen LogP contribution in [0.1, 0.15) is 24.6 Å². The summed E-state index contributed by atoms with van der Waals surface area (Å²) in [4.78, 5) is 50.3. The Bertz CT molecular complexity index is 1520. The number of rotatable bonds is 15. The molecule has 232 valence electrons. The van der Waals surface area contributed by atoms with Crippen LogP contribution in [0.4, 0.5) is 5.13 Å². The molecule has 9 N–H and O–H groups in total. The first-order valence-electron chi connectivity index (χ1n) is 12.5. The molecule has 1 aromatic heterocycles. The van der Waals surface area contributed by atoms with E-state index in [0.717, 1.165) is 23.3 Å². The number of oxime groups is 1. The maximum absolute atomic E-state index is 13.0. The van der Waals surface area contributed by atoms with Crippen molar-refractivity contribution in [3.8, 4) is 5.75 Å². The van der Waals surface area contributed by atoms with Crippen molar-refractivity contribution >= 4 is 62.1 Å². The second-order valence-electron chi connectivity index (χ2n) is 8.88. The minimum Gasteiger partial charge on any atom is -0.489 e. The summed E-state index contributed by atoms with van der Waals surface area (Å²) in [5, 5.41) is 17.0. The molecule has 1 aliphatic heterocycles. The van der Waals surface area contributed by atoms with Crippen LogP contribution < -0.4 is 27.3 Å². The van der Waals surface area contributed by atoms with Gasteiger partial charge in [-0.25, -0.2) is 14.1 Å². The highest BCUT2D eigenvalue weighted by molar-refractivity contribution is 7.84. The number of allylic oxidation sites excluding steroid dienone is 1. The third-order valence-corrected chi connectivity index (χ3v) is 7.57. The van der Waals surface area contributed by atoms with Gasteiger partial charge in [-0.1, -0.05) is 17.3 Å². The Morgan fingerprint density at radius 3 is 2.53 bits per heavy atom. The van der Waals surface area contributed by atoms with Gasteiger partial charge in [0.1, 0.15) is 24.1 Å². The Balaban J connectivity index is 1.70. The van der Waals surface area contributed by atoms with Crippen molar-refractivity contribution in [3.63, 3.8) is 0 Å². The lowest BCUT2D eigenvalue weighted by Gasteiger charge is -2.42. The molecule has 1 saturated heterocycles. The number of aliphatic carboxylic acids is 1. The molecule has 0 radical (unpaired) electrons. The fraction of sp³-hybridized carbons (Fsp3) is 0.333. The second-order valence-corrected chi connectivity index (χ2v) is 11.1. The zero-order chi connectivity index (χ0) is 31.7. The number of hydrogen-bond acceptors (Lipinski definition) is 14. The van der Waals surface area contributed by atoms with Crippen molar-refractivity contribution in [2.24, 2.45) is 21.6 Å². The molecule has 0 aliphatic carbocycles. The Hall–Kier alpha value is -4.59. The molecule has 0 bridgehead atoms. The van der Waals surface area contributed by atoms with Crippen molar-refractivity contribution in [2.75, 3.05) is 25.4 Å². The van der Waals surface area contributed by atoms with E-state index in [4.69, 9.17) is 31.3 Å². The fourth-order valence-corrected chi connectivity index (χ4v) is 5.08. The van der Waals surface area contributed by atoms with Crippen LogP contribution in [0.5, 0.6) is 5.75 Å². The molecule has 17 nitrogen and oxygen atoms in total. The van der Waals surface area contributed by atoms with Gasteiger partial charge in [0, 0.05) is 29.9 Å². The number of thiazole rings is 1. The minimum atomic E-state index is -4.82. The maximum Gasteiger partial charge on any atom is 0.362 e. The normalized spacial score (nSPS) is 18.3. The molecular formula is C24H30N8O9S2. The van der Waals surface area contributed by atoms with Gasteiger partial charge >= 0.3 is 16.3 Å². The van der Waals surface area contributed by atoms with E-state index >= 15 is 0 Å². The molecule has 1 aromatic carbocycles. The average molecular weight is 639 g/mol. The third-order valence-electron chi connectivity index (χ3n) is 5.89. The molecule has 0 spiro atoms. The van der Waals surface area contributed by atoms with Crippen LogP contribution >= 0.6 is 11.3 Å². The highest BCUT2D eigenvalue weighted by atomic mass is 32.2. The van der Waals surface area contributed by atoms with Gasteiger partial charge in [0.15, 0.2) is 10.8 Å². The minimum absolute atomic E-state index is 0.0529. The first kappa shape index (κ1) is 32.9. The topological polar surface area (TPSA) is 275 Å². The smallest absolute Gasteiger partial charge is 0.362 e. The summed E-state index contributed by atoms with van der Waals surface area (Å²) < 4.78 is 37.6. The molecule has 2 heterocycles. The maximum atomic E-state index is 13.0. The van der Waals surface area contributed by atoms with E-state index in [0.29, 0.717) is 24.4 Å². The molecule has 19 heteroatoms. The van der Waals surface area contributed by atoms with Crippen molar-refractivity contribution in [1.29, 1.82) is 0 Å². The van der Waals surface area contributed by atoms with Gasteiger partial charge in [0.25, 0.3) is 17.9 Å². The van der Waals surface area contributed by atoms with Gasteiger partial charge in [0.2, 0.25) is 0 Å². The van der Waals surface area contributed by atoms with Crippen molar-refractivity contribution in [3.05, 3.63) is 47.1 Å². The van der Waals surface area contributed by atoms with E-state index in [9.17, 15) is 27.9 Å². The van der Waals surface area contributed by atoms with Gasteiger partial charge in [-0.2, -0.15) is 8.42 Å². The van der Waals surface area contributed by atoms with Crippen LogP contribution in [-0.4, -0.2) is 95.0 Å². The summed E-state index contributed by atoms with van der Waals surface area (Å²) in [6.07, 6.45) is 2.06. The van der Waals surface area contributed by atoms with E-state index in [1.165, 1.54) is 18.5 Å². The van der Waals surface area contributed by atoms with Gasteiger partial charge in [-0.05, 0) is 37.6 Å². The SMILES string of the molecule is C[C@@H]1[C@H](NC(=O)/C(=N\O[C@@H](COc2ccc(C(C=NCCCN)=CN)cc2)C(=O)O)c2csc(N)n2)C(=O)N1S(=O)(=O)O. The zero-order valence-corrected chi connectivity index (χ0v) is 24.3. The van der Waals surface area contributed by atoms with E-state index in [1.807, 2.05) is 0 Å². The standard InChI is InChI=1S/C24H30N8O9S2/c1-13-19(22(34)32(13)43(37,38)39)30-21(33)20(17-12-42-24(27)29-17)31-41-18(23(35)36)11-40-16-5-3-14(4-6-16)15(9-26)10-28-8-2-7-25/h3-6,9-10,12-13,18-19H,2,7-8,11,25-26H2,1H3,(H2,27,29)(H,30,33)(H,35,36)(H,37,38,39)/b15-9?,28-10?,31-20-/t13-,18+,19+/m1/s1. The highest BCUT2D eigenvalue weighted by Crippen LogP contribution is 2.23. The number of nitrogens with zero attached hydrogens (tertiary/aromatic N) is 4. The van der Waals surface area contributed by atoms with Gasteiger partial charge < -0.3 is 37.2 Å².